The molecular formula is C39H34ClF3N4O4S. The summed E-state index contributed by atoms with van der Waals surface area (Å²) in [7, 11) is -1.83. The van der Waals surface area contributed by atoms with E-state index >= 15 is 0 Å². The highest BCUT2D eigenvalue weighted by Gasteiger charge is 2.27. The van der Waals surface area contributed by atoms with Crippen molar-refractivity contribution in [1.82, 2.24) is 19.7 Å². The Balaban J connectivity index is 1.54. The first kappa shape index (κ1) is 36.8. The second kappa shape index (κ2) is 14.2. The molecule has 6 aromatic rings. The third-order valence-electron chi connectivity index (χ3n) is 8.50. The molecule has 0 saturated carbocycles. The summed E-state index contributed by atoms with van der Waals surface area (Å²) >= 11 is 6.65. The summed E-state index contributed by atoms with van der Waals surface area (Å²) in [5, 5.41) is 16.1. The molecule has 0 spiro atoms. The summed E-state index contributed by atoms with van der Waals surface area (Å²) in [6.45, 7) is 3.04. The summed E-state index contributed by atoms with van der Waals surface area (Å²) in [4.78, 5) is 21.9. The van der Waals surface area contributed by atoms with Crippen molar-refractivity contribution < 1.29 is 31.5 Å². The molecule has 8 nitrogen and oxygen atoms in total. The molecule has 0 amide bonds. The van der Waals surface area contributed by atoms with Crippen molar-refractivity contribution >= 4 is 49.0 Å². The lowest BCUT2D eigenvalue weighted by atomic mass is 9.85. The fourth-order valence-corrected chi connectivity index (χ4v) is 7.42. The van der Waals surface area contributed by atoms with Crippen LogP contribution in [0.25, 0.3) is 32.9 Å². The summed E-state index contributed by atoms with van der Waals surface area (Å²) in [6, 6.07) is 14.2. The van der Waals surface area contributed by atoms with Crippen LogP contribution in [0.3, 0.4) is 0 Å². The number of nitrogens with one attached hydrogen (secondary N) is 1. The summed E-state index contributed by atoms with van der Waals surface area (Å²) in [6.07, 6.45) is 2.55. The number of nitrogens with zero attached hydrogens (tertiary/aromatic N) is 3. The summed E-state index contributed by atoms with van der Waals surface area (Å²) in [5.41, 5.74) is 2.66. The number of benzene rings is 3. The molecule has 2 N–H and O–H groups in total. The maximum Gasteiger partial charge on any atom is 0.153 e. The molecule has 0 radical (unpaired) electrons. The number of aromatic amines is 1. The molecule has 0 saturated heterocycles. The highest BCUT2D eigenvalue weighted by Crippen LogP contribution is 2.40. The number of aromatic nitrogens is 4. The first-order valence-corrected chi connectivity index (χ1v) is 18.7. The lowest BCUT2D eigenvalue weighted by Crippen LogP contribution is -2.16. The molecule has 0 fully saturated rings. The van der Waals surface area contributed by atoms with Gasteiger partial charge in [0.25, 0.3) is 0 Å². The normalized spacial score (nSPS) is 12.6. The molecule has 1 atom stereocenters. The Morgan fingerprint density at radius 1 is 1.02 bits per heavy atom. The highest BCUT2D eigenvalue weighted by molar-refractivity contribution is 7.89. The van der Waals surface area contributed by atoms with Gasteiger partial charge in [0, 0.05) is 71.7 Å². The average molecular weight is 747 g/mol. The molecule has 3 aromatic carbocycles. The van der Waals surface area contributed by atoms with Crippen LogP contribution in [0.1, 0.15) is 54.4 Å². The minimum Gasteiger partial charge on any atom is -0.378 e. The molecule has 13 heteroatoms. The third kappa shape index (κ3) is 8.39. The van der Waals surface area contributed by atoms with E-state index in [1.807, 2.05) is 0 Å². The van der Waals surface area contributed by atoms with Crippen molar-refractivity contribution in [3.8, 4) is 23.0 Å². The van der Waals surface area contributed by atoms with Crippen LogP contribution >= 0.6 is 11.6 Å². The van der Waals surface area contributed by atoms with E-state index < -0.39 is 38.8 Å². The van der Waals surface area contributed by atoms with Crippen molar-refractivity contribution in [2.45, 2.75) is 50.4 Å². The van der Waals surface area contributed by atoms with E-state index in [0.717, 1.165) is 12.3 Å². The lowest BCUT2D eigenvalue weighted by molar-refractivity contribution is -0.118. The Bertz CT molecular complexity index is 2530. The minimum absolute atomic E-state index is 0.00719. The predicted octanol–water partition coefficient (Wildman–Crippen LogP) is 7.38. The number of carbonyl (C=O) groups is 1. The molecular weight excluding hydrogens is 713 g/mol. The van der Waals surface area contributed by atoms with E-state index in [2.05, 4.69) is 21.9 Å². The zero-order valence-corrected chi connectivity index (χ0v) is 30.3. The number of rotatable bonds is 10. The molecule has 3 aromatic heterocycles. The topological polar surface area (TPSA) is 118 Å². The van der Waals surface area contributed by atoms with Gasteiger partial charge in [0.05, 0.1) is 27.7 Å². The van der Waals surface area contributed by atoms with Gasteiger partial charge >= 0.3 is 0 Å². The number of H-pyrrole nitrogens is 1. The fraction of sp³-hybridized carbons (Fsp3) is 0.256. The Hall–Kier alpha value is -4.96. The second-order valence-corrected chi connectivity index (χ2v) is 16.0. The van der Waals surface area contributed by atoms with Crippen LogP contribution in [0.2, 0.25) is 5.02 Å². The molecule has 268 valence electrons. The van der Waals surface area contributed by atoms with Gasteiger partial charge in [0.1, 0.15) is 34.5 Å². The molecule has 0 aliphatic heterocycles. The number of ketones is 1. The number of hydrogen-bond acceptors (Lipinski definition) is 6. The molecule has 0 aliphatic carbocycles. The van der Waals surface area contributed by atoms with Gasteiger partial charge in [-0.1, -0.05) is 23.6 Å². The van der Waals surface area contributed by atoms with Crippen LogP contribution < -0.4 is 0 Å². The molecule has 0 bridgehead atoms. The van der Waals surface area contributed by atoms with E-state index in [9.17, 15) is 31.5 Å². The van der Waals surface area contributed by atoms with Gasteiger partial charge < -0.3 is 10.1 Å². The van der Waals surface area contributed by atoms with E-state index in [1.165, 1.54) is 42.8 Å². The zero-order chi connectivity index (χ0) is 37.5. The molecule has 0 unspecified atom stereocenters. The SMILES string of the molecule is Cn1nc(CS(C)(=O)=O)c2c(Cl)ccc(-c3ccc(C#CC(C)(C)O)nc3[C@@H](CC(=O)Cc3c[nH]c4ccc(F)cc34)Cc3cc(F)cc(F)c3)c21. The van der Waals surface area contributed by atoms with Gasteiger partial charge in [-0.25, -0.2) is 26.6 Å². The van der Waals surface area contributed by atoms with Gasteiger partial charge in [0.2, 0.25) is 0 Å². The van der Waals surface area contributed by atoms with Crippen molar-refractivity contribution in [2.24, 2.45) is 7.05 Å². The Labute approximate surface area is 303 Å². The van der Waals surface area contributed by atoms with Gasteiger partial charge in [-0.2, -0.15) is 5.10 Å². The van der Waals surface area contributed by atoms with Gasteiger partial charge in [-0.05, 0) is 85.8 Å². The van der Waals surface area contributed by atoms with Crippen LogP contribution in [-0.4, -0.2) is 50.9 Å². The Morgan fingerprint density at radius 3 is 2.42 bits per heavy atom. The first-order chi connectivity index (χ1) is 24.4. The lowest BCUT2D eigenvalue weighted by Gasteiger charge is -2.21. The standard InChI is InChI=1S/C39H34ClF3N4O4S/c1-39(2,49)12-11-28-6-7-30(31-8-9-33(40)36-35(21-52(4,50)51)46-47(3)38(31)36)37(45-28)23(13-22-14-26(42)18-27(43)15-22)16-29(48)17-24-20-44-34-10-5-25(41)19-32(24)34/h5-10,14-15,18-20,23,44,49H,13,16-17,21H2,1-4H3/t23-/m1/s1. The van der Waals surface area contributed by atoms with Crippen molar-refractivity contribution in [3.05, 3.63) is 118 Å². The maximum absolute atomic E-state index is 14.5. The highest BCUT2D eigenvalue weighted by atomic mass is 35.5. The smallest absolute Gasteiger partial charge is 0.153 e. The van der Waals surface area contributed by atoms with E-state index in [-0.39, 0.29) is 52.8 Å². The van der Waals surface area contributed by atoms with Crippen molar-refractivity contribution in [2.75, 3.05) is 6.26 Å². The average Bonchev–Trinajstić information content (AvgIpc) is 3.58. The van der Waals surface area contributed by atoms with E-state index in [1.54, 1.807) is 43.6 Å². The fourth-order valence-electron chi connectivity index (χ4n) is 6.46. The van der Waals surface area contributed by atoms with Gasteiger partial charge in [0.15, 0.2) is 9.84 Å². The number of carbonyl (C=O) groups excluding carboxylic acids is 1. The minimum atomic E-state index is -3.49. The Morgan fingerprint density at radius 2 is 1.73 bits per heavy atom. The number of halogens is 4. The number of Topliss-reactive ketones (excluding diaryl/α,β-unsaturated/α-hetero) is 1. The van der Waals surface area contributed by atoms with Crippen LogP contribution in [0.5, 0.6) is 0 Å². The molecule has 6 rings (SSSR count). The number of hydrogen-bond donors (Lipinski definition) is 2. The number of fused-ring (bicyclic) bond motifs is 2. The van der Waals surface area contributed by atoms with Crippen molar-refractivity contribution in [1.29, 1.82) is 0 Å². The number of aryl methyl sites for hydroxylation is 1. The van der Waals surface area contributed by atoms with Crippen molar-refractivity contribution in [3.63, 3.8) is 0 Å². The van der Waals surface area contributed by atoms with Gasteiger partial charge in [-0.3, -0.25) is 9.48 Å². The quantitative estimate of drug-likeness (QED) is 0.141. The molecule has 3 heterocycles. The maximum atomic E-state index is 14.5. The van der Waals surface area contributed by atoms with Gasteiger partial charge in [-0.15, -0.1) is 0 Å². The van der Waals surface area contributed by atoms with E-state index in [0.29, 0.717) is 44.2 Å². The number of aliphatic hydroxyl groups is 1. The summed E-state index contributed by atoms with van der Waals surface area (Å²) in [5.74, 6) is 2.23. The second-order valence-electron chi connectivity index (χ2n) is 13.5. The number of pyridine rings is 1. The third-order valence-corrected chi connectivity index (χ3v) is 9.62. The molecule has 52 heavy (non-hydrogen) atoms. The van der Waals surface area contributed by atoms with Crippen LogP contribution in [-0.2, 0) is 40.3 Å². The summed E-state index contributed by atoms with van der Waals surface area (Å²) < 4.78 is 69.3. The van der Waals surface area contributed by atoms with Crippen LogP contribution in [0.15, 0.2) is 66.9 Å². The number of sulfone groups is 1. The predicted molar refractivity (Wildman–Crippen MR) is 195 cm³/mol. The monoisotopic (exact) mass is 746 g/mol. The van der Waals surface area contributed by atoms with E-state index in [4.69, 9.17) is 16.6 Å². The molecule has 0 aliphatic rings. The van der Waals surface area contributed by atoms with Crippen LogP contribution in [0.4, 0.5) is 13.2 Å². The zero-order valence-electron chi connectivity index (χ0n) is 28.7. The Kier molecular flexibility index (Phi) is 10.1. The first-order valence-electron chi connectivity index (χ1n) is 16.2. The van der Waals surface area contributed by atoms with Crippen LogP contribution in [0, 0.1) is 29.3 Å². The largest absolute Gasteiger partial charge is 0.378 e.